The maximum Gasteiger partial charge on any atom is 0.108 e. The molecule has 0 radical (unpaired) electrons. The summed E-state index contributed by atoms with van der Waals surface area (Å²) < 4.78 is 4.38. The second kappa shape index (κ2) is 5.79. The highest BCUT2D eigenvalue weighted by molar-refractivity contribution is 5.01. The molecular formula is C15H23N5. The van der Waals surface area contributed by atoms with Crippen LogP contribution in [-0.2, 0) is 26.1 Å². The molecule has 3 rings (SSSR count). The van der Waals surface area contributed by atoms with Gasteiger partial charge in [0.25, 0.3) is 0 Å². The van der Waals surface area contributed by atoms with Gasteiger partial charge < -0.3 is 9.47 Å². The van der Waals surface area contributed by atoms with Crippen LogP contribution in [0.15, 0.2) is 24.7 Å². The Bertz CT molecular complexity index is 556. The van der Waals surface area contributed by atoms with Crippen LogP contribution in [0.3, 0.4) is 0 Å². The van der Waals surface area contributed by atoms with Crippen molar-refractivity contribution in [3.05, 3.63) is 36.2 Å². The van der Waals surface area contributed by atoms with E-state index in [1.807, 2.05) is 12.4 Å². The molecule has 0 saturated carbocycles. The molecule has 0 amide bonds. The van der Waals surface area contributed by atoms with E-state index in [2.05, 4.69) is 50.5 Å². The van der Waals surface area contributed by atoms with Gasteiger partial charge in [0.15, 0.2) is 0 Å². The van der Waals surface area contributed by atoms with Gasteiger partial charge in [-0.3, -0.25) is 4.68 Å². The van der Waals surface area contributed by atoms with Crippen LogP contribution in [-0.4, -0.2) is 37.8 Å². The molecule has 0 aromatic carbocycles. The average molecular weight is 273 g/mol. The Morgan fingerprint density at radius 2 is 2.30 bits per heavy atom. The number of hydrogen-bond donors (Lipinski definition) is 0. The summed E-state index contributed by atoms with van der Waals surface area (Å²) in [5, 5.41) is 4.33. The van der Waals surface area contributed by atoms with Crippen LogP contribution in [0.4, 0.5) is 0 Å². The van der Waals surface area contributed by atoms with Crippen LogP contribution < -0.4 is 0 Å². The summed E-state index contributed by atoms with van der Waals surface area (Å²) in [6.07, 6.45) is 8.27. The van der Waals surface area contributed by atoms with Crippen molar-refractivity contribution in [2.75, 3.05) is 13.6 Å². The number of imidazole rings is 1. The number of hydrogen-bond acceptors (Lipinski definition) is 3. The van der Waals surface area contributed by atoms with Crippen molar-refractivity contribution in [1.82, 2.24) is 24.2 Å². The number of fused-ring (bicyclic) bond motifs is 1. The zero-order valence-corrected chi connectivity index (χ0v) is 12.4. The molecule has 0 spiro atoms. The normalized spacial score (nSPS) is 18.4. The second-order valence-corrected chi connectivity index (χ2v) is 5.74. The van der Waals surface area contributed by atoms with E-state index in [-0.39, 0.29) is 0 Å². The monoisotopic (exact) mass is 273 g/mol. The minimum absolute atomic E-state index is 0.722. The van der Waals surface area contributed by atoms with E-state index in [1.165, 1.54) is 17.9 Å². The minimum atomic E-state index is 0.722. The highest BCUT2D eigenvalue weighted by Crippen LogP contribution is 2.20. The minimum Gasteiger partial charge on any atom is -0.335 e. The van der Waals surface area contributed by atoms with Gasteiger partial charge in [-0.25, -0.2) is 4.98 Å². The fourth-order valence-electron chi connectivity index (χ4n) is 3.15. The van der Waals surface area contributed by atoms with Crippen molar-refractivity contribution in [2.45, 2.75) is 39.4 Å². The fourth-order valence-corrected chi connectivity index (χ4v) is 3.15. The summed E-state index contributed by atoms with van der Waals surface area (Å²) in [4.78, 5) is 6.80. The summed E-state index contributed by atoms with van der Waals surface area (Å²) in [5.74, 6) is 1.97. The Kier molecular flexibility index (Phi) is 3.87. The first-order valence-electron chi connectivity index (χ1n) is 7.45. The summed E-state index contributed by atoms with van der Waals surface area (Å²) in [7, 11) is 2.20. The predicted octanol–water partition coefficient (Wildman–Crippen LogP) is 1.79. The van der Waals surface area contributed by atoms with E-state index in [1.54, 1.807) is 0 Å². The molecule has 1 unspecified atom stereocenters. The molecule has 2 aromatic rings. The van der Waals surface area contributed by atoms with Gasteiger partial charge in [0.1, 0.15) is 5.82 Å². The molecule has 0 N–H and O–H groups in total. The molecule has 108 valence electrons. The molecule has 1 aliphatic heterocycles. The second-order valence-electron chi connectivity index (χ2n) is 5.74. The van der Waals surface area contributed by atoms with Gasteiger partial charge in [-0.15, -0.1) is 0 Å². The first kappa shape index (κ1) is 13.4. The van der Waals surface area contributed by atoms with Crippen LogP contribution in [0.25, 0.3) is 0 Å². The van der Waals surface area contributed by atoms with E-state index in [0.717, 1.165) is 38.5 Å². The summed E-state index contributed by atoms with van der Waals surface area (Å²) in [5.41, 5.74) is 1.30. The van der Waals surface area contributed by atoms with Crippen molar-refractivity contribution >= 4 is 0 Å². The zero-order chi connectivity index (χ0) is 13.9. The standard InChI is InChI=1S/C15H23N5/c1-3-20-14(6-7-17-20)12-18(2)10-13-4-5-15-16-8-9-19(15)11-13/h6-9,13H,3-5,10-12H2,1-2H3. The van der Waals surface area contributed by atoms with Crippen LogP contribution in [0.5, 0.6) is 0 Å². The SMILES string of the molecule is CCn1nccc1CN(C)CC1CCc2nccn2C1. The Labute approximate surface area is 120 Å². The van der Waals surface area contributed by atoms with Crippen molar-refractivity contribution in [2.24, 2.45) is 5.92 Å². The highest BCUT2D eigenvalue weighted by Gasteiger charge is 2.20. The van der Waals surface area contributed by atoms with Crippen molar-refractivity contribution in [3.63, 3.8) is 0 Å². The van der Waals surface area contributed by atoms with Crippen LogP contribution in [0.1, 0.15) is 24.9 Å². The van der Waals surface area contributed by atoms with Crippen LogP contribution in [0.2, 0.25) is 0 Å². The molecule has 1 atom stereocenters. The average Bonchev–Trinajstić information content (AvgIpc) is 3.06. The Morgan fingerprint density at radius 1 is 1.40 bits per heavy atom. The van der Waals surface area contributed by atoms with Gasteiger partial charge in [-0.2, -0.15) is 5.10 Å². The predicted molar refractivity (Wildman–Crippen MR) is 78.3 cm³/mol. The quantitative estimate of drug-likeness (QED) is 0.834. The van der Waals surface area contributed by atoms with E-state index in [4.69, 9.17) is 0 Å². The van der Waals surface area contributed by atoms with Crippen LogP contribution >= 0.6 is 0 Å². The number of rotatable bonds is 5. The Balaban J connectivity index is 1.56. The lowest BCUT2D eigenvalue weighted by Crippen LogP contribution is -2.31. The number of aryl methyl sites for hydroxylation is 2. The Hall–Kier alpha value is -1.62. The largest absolute Gasteiger partial charge is 0.335 e. The first-order valence-corrected chi connectivity index (χ1v) is 7.45. The van der Waals surface area contributed by atoms with E-state index >= 15 is 0 Å². The zero-order valence-electron chi connectivity index (χ0n) is 12.4. The number of aromatic nitrogens is 4. The lowest BCUT2D eigenvalue weighted by atomic mass is 9.99. The third-order valence-electron chi connectivity index (χ3n) is 4.14. The molecular weight excluding hydrogens is 250 g/mol. The molecule has 3 heterocycles. The number of nitrogens with zero attached hydrogens (tertiary/aromatic N) is 5. The molecule has 5 heteroatoms. The third kappa shape index (κ3) is 2.77. The van der Waals surface area contributed by atoms with Gasteiger partial charge >= 0.3 is 0 Å². The van der Waals surface area contributed by atoms with Gasteiger partial charge in [0, 0.05) is 51.2 Å². The Morgan fingerprint density at radius 3 is 3.15 bits per heavy atom. The molecule has 0 fully saturated rings. The van der Waals surface area contributed by atoms with Gasteiger partial charge in [-0.1, -0.05) is 0 Å². The van der Waals surface area contributed by atoms with Gasteiger partial charge in [0.05, 0.1) is 5.69 Å². The summed E-state index contributed by atoms with van der Waals surface area (Å²) in [6.45, 7) is 6.29. The molecule has 0 bridgehead atoms. The molecule has 2 aromatic heterocycles. The van der Waals surface area contributed by atoms with Gasteiger partial charge in [0.2, 0.25) is 0 Å². The maximum absolute atomic E-state index is 4.39. The molecule has 0 saturated heterocycles. The highest BCUT2D eigenvalue weighted by atomic mass is 15.3. The topological polar surface area (TPSA) is 38.9 Å². The third-order valence-corrected chi connectivity index (χ3v) is 4.14. The van der Waals surface area contributed by atoms with Crippen LogP contribution in [0, 0.1) is 5.92 Å². The molecule has 5 nitrogen and oxygen atoms in total. The van der Waals surface area contributed by atoms with Crippen molar-refractivity contribution < 1.29 is 0 Å². The lowest BCUT2D eigenvalue weighted by Gasteiger charge is -2.28. The van der Waals surface area contributed by atoms with E-state index in [0.29, 0.717) is 0 Å². The van der Waals surface area contributed by atoms with E-state index in [9.17, 15) is 0 Å². The summed E-state index contributed by atoms with van der Waals surface area (Å²) in [6, 6.07) is 2.12. The smallest absolute Gasteiger partial charge is 0.108 e. The fraction of sp³-hybridized carbons (Fsp3) is 0.600. The molecule has 1 aliphatic rings. The molecule has 0 aliphatic carbocycles. The molecule has 20 heavy (non-hydrogen) atoms. The maximum atomic E-state index is 4.39. The summed E-state index contributed by atoms with van der Waals surface area (Å²) >= 11 is 0. The lowest BCUT2D eigenvalue weighted by molar-refractivity contribution is 0.224. The van der Waals surface area contributed by atoms with Crippen molar-refractivity contribution in [3.8, 4) is 0 Å². The van der Waals surface area contributed by atoms with E-state index < -0.39 is 0 Å². The van der Waals surface area contributed by atoms with Gasteiger partial charge in [-0.05, 0) is 32.4 Å². The van der Waals surface area contributed by atoms with Crippen molar-refractivity contribution in [1.29, 1.82) is 0 Å². The first-order chi connectivity index (χ1) is 9.76.